The molecule has 0 amide bonds. The van der Waals surface area contributed by atoms with Gasteiger partial charge >= 0.3 is 0 Å². The largest absolute Gasteiger partial charge is 0.378 e. The summed E-state index contributed by atoms with van der Waals surface area (Å²) in [5.74, 6) is 0. The maximum absolute atomic E-state index is 2.26. The molecule has 128 valence electrons. The van der Waals surface area contributed by atoms with Gasteiger partial charge in [-0.15, -0.1) is 0 Å². The summed E-state index contributed by atoms with van der Waals surface area (Å²) in [5.41, 5.74) is 6.22. The van der Waals surface area contributed by atoms with Gasteiger partial charge in [0.1, 0.15) is 0 Å². The predicted octanol–water partition coefficient (Wildman–Crippen LogP) is 4.61. The zero-order chi connectivity index (χ0) is 17.8. The van der Waals surface area contributed by atoms with Crippen molar-refractivity contribution in [3.63, 3.8) is 0 Å². The number of benzene rings is 2. The average molecular weight is 330 g/mol. The normalized spacial score (nSPS) is 16.4. The number of hydrogen-bond acceptors (Lipinski definition) is 2. The monoisotopic (exact) mass is 330 g/mol. The summed E-state index contributed by atoms with van der Waals surface area (Å²) < 4.78 is 0. The number of anilines is 1. The van der Waals surface area contributed by atoms with Crippen LogP contribution in [0.15, 0.2) is 84.5 Å². The molecule has 0 spiro atoms. The van der Waals surface area contributed by atoms with Gasteiger partial charge in [0.25, 0.3) is 0 Å². The zero-order valence-electron chi connectivity index (χ0n) is 15.5. The molecule has 25 heavy (non-hydrogen) atoms. The van der Waals surface area contributed by atoms with Crippen LogP contribution in [-0.4, -0.2) is 39.1 Å². The van der Waals surface area contributed by atoms with Gasteiger partial charge in [-0.1, -0.05) is 66.8 Å². The number of hydrogen-bond donors (Lipinski definition) is 0. The van der Waals surface area contributed by atoms with E-state index in [2.05, 4.69) is 117 Å². The van der Waals surface area contributed by atoms with Crippen LogP contribution < -0.4 is 4.90 Å². The van der Waals surface area contributed by atoms with Crippen LogP contribution in [0.1, 0.15) is 11.1 Å². The van der Waals surface area contributed by atoms with Crippen molar-refractivity contribution >= 4 is 11.3 Å². The van der Waals surface area contributed by atoms with Crippen molar-refractivity contribution in [1.82, 2.24) is 4.90 Å². The molecule has 3 rings (SSSR count). The first-order valence-electron chi connectivity index (χ1n) is 8.66. The summed E-state index contributed by atoms with van der Waals surface area (Å²) in [5, 5.41) is 0. The van der Waals surface area contributed by atoms with Gasteiger partial charge in [-0.3, -0.25) is 4.90 Å². The fourth-order valence-corrected chi connectivity index (χ4v) is 3.07. The van der Waals surface area contributed by atoms with E-state index in [0.29, 0.717) is 6.04 Å². The van der Waals surface area contributed by atoms with E-state index < -0.39 is 0 Å². The van der Waals surface area contributed by atoms with E-state index in [1.54, 1.807) is 0 Å². The van der Waals surface area contributed by atoms with Crippen LogP contribution in [0.4, 0.5) is 5.69 Å². The third-order valence-electron chi connectivity index (χ3n) is 4.57. The summed E-state index contributed by atoms with van der Waals surface area (Å²) in [6.07, 6.45) is 9.00. The van der Waals surface area contributed by atoms with Crippen LogP contribution in [0.25, 0.3) is 5.57 Å². The Hall–Kier alpha value is -2.58. The molecule has 0 unspecified atom stereocenters. The van der Waals surface area contributed by atoms with Crippen LogP contribution in [0.3, 0.4) is 0 Å². The van der Waals surface area contributed by atoms with Crippen LogP contribution in [0.5, 0.6) is 0 Å². The molecule has 1 aliphatic carbocycles. The van der Waals surface area contributed by atoms with E-state index in [1.807, 2.05) is 0 Å². The molecule has 1 aliphatic rings. The Morgan fingerprint density at radius 3 is 1.80 bits per heavy atom. The zero-order valence-corrected chi connectivity index (χ0v) is 15.5. The molecule has 2 aromatic rings. The summed E-state index contributed by atoms with van der Waals surface area (Å²) in [7, 11) is 8.34. The first-order chi connectivity index (χ1) is 12.1. The third kappa shape index (κ3) is 3.92. The molecule has 0 atom stereocenters. The SMILES string of the molecule is CN(C)c1ccc(C(=C2C=CC(N(C)C)C=C2)c2ccccc2)cc1. The molecule has 0 saturated carbocycles. The van der Waals surface area contributed by atoms with Gasteiger partial charge in [0.2, 0.25) is 0 Å². The van der Waals surface area contributed by atoms with Gasteiger partial charge in [0.05, 0.1) is 0 Å². The highest BCUT2D eigenvalue weighted by molar-refractivity contribution is 5.86. The summed E-state index contributed by atoms with van der Waals surface area (Å²) in [6.45, 7) is 0. The number of likely N-dealkylation sites (N-methyl/N-ethyl adjacent to an activating group) is 1. The molecule has 0 fully saturated rings. The molecular formula is C23H26N2. The first-order valence-corrected chi connectivity index (χ1v) is 8.66. The smallest absolute Gasteiger partial charge is 0.0462 e. The van der Waals surface area contributed by atoms with Gasteiger partial charge < -0.3 is 4.90 Å². The minimum atomic E-state index is 0.358. The lowest BCUT2D eigenvalue weighted by atomic mass is 9.90. The van der Waals surface area contributed by atoms with Crippen LogP contribution in [0.2, 0.25) is 0 Å². The van der Waals surface area contributed by atoms with Crippen molar-refractivity contribution in [2.24, 2.45) is 0 Å². The van der Waals surface area contributed by atoms with E-state index >= 15 is 0 Å². The summed E-state index contributed by atoms with van der Waals surface area (Å²) in [6, 6.07) is 19.8. The second kappa shape index (κ2) is 7.54. The highest BCUT2D eigenvalue weighted by atomic mass is 15.1. The molecule has 0 aliphatic heterocycles. The van der Waals surface area contributed by atoms with Crippen LogP contribution in [-0.2, 0) is 0 Å². The molecule has 0 saturated heterocycles. The Labute approximate surface area is 151 Å². The predicted molar refractivity (Wildman–Crippen MR) is 109 cm³/mol. The molecule has 2 aromatic carbocycles. The van der Waals surface area contributed by atoms with E-state index in [0.717, 1.165) is 0 Å². The first kappa shape index (κ1) is 17.2. The molecule has 2 heteroatoms. The van der Waals surface area contributed by atoms with Gasteiger partial charge in [-0.2, -0.15) is 0 Å². The number of allylic oxidation sites excluding steroid dienone is 3. The molecule has 0 heterocycles. The lowest BCUT2D eigenvalue weighted by molar-refractivity contribution is 0.390. The molecule has 0 aromatic heterocycles. The molecule has 0 N–H and O–H groups in total. The second-order valence-corrected chi connectivity index (χ2v) is 6.81. The molecular weight excluding hydrogens is 304 g/mol. The van der Waals surface area contributed by atoms with E-state index in [4.69, 9.17) is 0 Å². The minimum Gasteiger partial charge on any atom is -0.378 e. The van der Waals surface area contributed by atoms with Crippen molar-refractivity contribution in [2.45, 2.75) is 6.04 Å². The van der Waals surface area contributed by atoms with Gasteiger partial charge in [-0.05, 0) is 48.5 Å². The van der Waals surface area contributed by atoms with Gasteiger partial charge in [0, 0.05) is 25.8 Å². The average Bonchev–Trinajstić information content (AvgIpc) is 2.64. The van der Waals surface area contributed by atoms with Crippen molar-refractivity contribution in [3.8, 4) is 0 Å². The second-order valence-electron chi connectivity index (χ2n) is 6.81. The van der Waals surface area contributed by atoms with E-state index in [1.165, 1.54) is 28.0 Å². The number of rotatable bonds is 4. The van der Waals surface area contributed by atoms with Crippen molar-refractivity contribution < 1.29 is 0 Å². The highest BCUT2D eigenvalue weighted by Crippen LogP contribution is 2.31. The highest BCUT2D eigenvalue weighted by Gasteiger charge is 2.13. The van der Waals surface area contributed by atoms with E-state index in [-0.39, 0.29) is 0 Å². The quantitative estimate of drug-likeness (QED) is 0.808. The fraction of sp³-hybridized carbons (Fsp3) is 0.217. The lowest BCUT2D eigenvalue weighted by Gasteiger charge is -2.21. The maximum Gasteiger partial charge on any atom is 0.0462 e. The van der Waals surface area contributed by atoms with Crippen molar-refractivity contribution in [2.75, 3.05) is 33.1 Å². The third-order valence-corrected chi connectivity index (χ3v) is 4.57. The Morgan fingerprint density at radius 2 is 1.28 bits per heavy atom. The Morgan fingerprint density at radius 1 is 0.720 bits per heavy atom. The molecule has 0 bridgehead atoms. The van der Waals surface area contributed by atoms with Crippen molar-refractivity contribution in [1.29, 1.82) is 0 Å². The van der Waals surface area contributed by atoms with Crippen LogP contribution in [0, 0.1) is 0 Å². The Balaban J connectivity index is 2.07. The van der Waals surface area contributed by atoms with Crippen molar-refractivity contribution in [3.05, 3.63) is 95.6 Å². The standard InChI is InChI=1S/C23H26N2/c1-24(2)21-14-10-19(11-15-21)23(18-8-6-5-7-9-18)20-12-16-22(17-13-20)25(3)4/h5-17,21H,1-4H3. The van der Waals surface area contributed by atoms with E-state index in [9.17, 15) is 0 Å². The molecule has 2 nitrogen and oxygen atoms in total. The lowest BCUT2D eigenvalue weighted by Crippen LogP contribution is -2.24. The topological polar surface area (TPSA) is 6.48 Å². The molecule has 0 radical (unpaired) electrons. The van der Waals surface area contributed by atoms with Gasteiger partial charge in [0.15, 0.2) is 0 Å². The minimum absolute atomic E-state index is 0.358. The van der Waals surface area contributed by atoms with Crippen LogP contribution >= 0.6 is 0 Å². The summed E-state index contributed by atoms with van der Waals surface area (Å²) >= 11 is 0. The number of nitrogens with zero attached hydrogens (tertiary/aromatic N) is 2. The Kier molecular flexibility index (Phi) is 5.20. The Bertz CT molecular complexity index is 778. The van der Waals surface area contributed by atoms with Gasteiger partial charge in [-0.25, -0.2) is 0 Å². The fourth-order valence-electron chi connectivity index (χ4n) is 3.07. The maximum atomic E-state index is 2.26. The summed E-state index contributed by atoms with van der Waals surface area (Å²) in [4.78, 5) is 4.33.